The van der Waals surface area contributed by atoms with Gasteiger partial charge in [0.1, 0.15) is 16.5 Å². The number of aromatic nitrogens is 2. The number of primary amides is 1. The molecule has 2 aromatic heterocycles. The summed E-state index contributed by atoms with van der Waals surface area (Å²) in [6.07, 6.45) is 3.18. The summed E-state index contributed by atoms with van der Waals surface area (Å²) in [5.41, 5.74) is 6.98. The van der Waals surface area contributed by atoms with Gasteiger partial charge in [-0.3, -0.25) is 4.79 Å². The molecule has 6 heteroatoms. The molecule has 1 fully saturated rings. The van der Waals surface area contributed by atoms with E-state index in [9.17, 15) is 4.79 Å². The van der Waals surface area contributed by atoms with Gasteiger partial charge in [0.25, 0.3) is 0 Å². The van der Waals surface area contributed by atoms with Gasteiger partial charge in [-0.25, -0.2) is 9.97 Å². The molecule has 0 spiro atoms. The van der Waals surface area contributed by atoms with Crippen LogP contribution in [0, 0.1) is 6.92 Å². The van der Waals surface area contributed by atoms with Crippen molar-refractivity contribution in [2.75, 3.05) is 11.9 Å². The lowest BCUT2D eigenvalue weighted by molar-refractivity contribution is 0.1000. The third-order valence-electron chi connectivity index (χ3n) is 4.39. The molecule has 1 amide bonds. The lowest BCUT2D eigenvalue weighted by Crippen LogP contribution is -2.12. The summed E-state index contributed by atoms with van der Waals surface area (Å²) in [5, 5.41) is 4.56. The van der Waals surface area contributed by atoms with Crippen LogP contribution in [0.4, 0.5) is 5.82 Å². The van der Waals surface area contributed by atoms with E-state index < -0.39 is 5.91 Å². The average molecular weight is 352 g/mol. The number of hydrogen-bond donors (Lipinski definition) is 2. The van der Waals surface area contributed by atoms with Gasteiger partial charge in [0.05, 0.1) is 5.39 Å². The van der Waals surface area contributed by atoms with Crippen LogP contribution in [0.25, 0.3) is 10.2 Å². The van der Waals surface area contributed by atoms with E-state index in [-0.39, 0.29) is 0 Å². The summed E-state index contributed by atoms with van der Waals surface area (Å²) < 4.78 is 0. The van der Waals surface area contributed by atoms with Gasteiger partial charge in [-0.15, -0.1) is 11.3 Å². The molecule has 3 aromatic rings. The minimum absolute atomic E-state index is 0.393. The Morgan fingerprint density at radius 1 is 1.32 bits per heavy atom. The Bertz CT molecular complexity index is 946. The van der Waals surface area contributed by atoms with E-state index in [1.54, 1.807) is 17.4 Å². The van der Waals surface area contributed by atoms with Crippen molar-refractivity contribution in [2.24, 2.45) is 5.73 Å². The van der Waals surface area contributed by atoms with Crippen LogP contribution in [0.15, 0.2) is 30.3 Å². The zero-order valence-corrected chi connectivity index (χ0v) is 14.9. The number of benzene rings is 1. The van der Waals surface area contributed by atoms with Crippen LogP contribution in [0.5, 0.6) is 0 Å². The molecule has 2 heterocycles. The van der Waals surface area contributed by atoms with Crippen molar-refractivity contribution >= 4 is 33.3 Å². The second-order valence-electron chi connectivity index (χ2n) is 6.52. The van der Waals surface area contributed by atoms with Crippen LogP contribution < -0.4 is 11.1 Å². The summed E-state index contributed by atoms with van der Waals surface area (Å²) in [6, 6.07) is 9.61. The molecular formula is C19H20N4OS. The molecule has 0 aliphatic heterocycles. The first-order valence-corrected chi connectivity index (χ1v) is 9.32. The molecule has 1 aliphatic rings. The predicted molar refractivity (Wildman–Crippen MR) is 101 cm³/mol. The monoisotopic (exact) mass is 352 g/mol. The zero-order valence-electron chi connectivity index (χ0n) is 14.1. The van der Waals surface area contributed by atoms with E-state index in [0.29, 0.717) is 11.5 Å². The predicted octanol–water partition coefficient (Wildman–Crippen LogP) is 3.63. The van der Waals surface area contributed by atoms with Crippen LogP contribution >= 0.6 is 11.3 Å². The fourth-order valence-corrected chi connectivity index (χ4v) is 3.81. The van der Waals surface area contributed by atoms with Crippen molar-refractivity contribution in [1.82, 2.24) is 9.97 Å². The molecular weight excluding hydrogens is 332 g/mol. The Kier molecular flexibility index (Phi) is 4.13. The highest BCUT2D eigenvalue weighted by atomic mass is 32.1. The summed E-state index contributed by atoms with van der Waals surface area (Å²) in [5.74, 6) is 2.02. The van der Waals surface area contributed by atoms with E-state index >= 15 is 0 Å². The van der Waals surface area contributed by atoms with Gasteiger partial charge in [-0.2, -0.15) is 0 Å². The van der Waals surface area contributed by atoms with Gasteiger partial charge in [-0.05, 0) is 49.9 Å². The fraction of sp³-hybridized carbons (Fsp3) is 0.316. The Labute approximate surface area is 150 Å². The van der Waals surface area contributed by atoms with Crippen LogP contribution in [0.1, 0.15) is 45.4 Å². The lowest BCUT2D eigenvalue weighted by atomic mass is 10.1. The van der Waals surface area contributed by atoms with Gasteiger partial charge in [0.2, 0.25) is 5.91 Å². The molecule has 1 aliphatic carbocycles. The number of carbonyl (C=O) groups is 1. The zero-order chi connectivity index (χ0) is 17.4. The highest BCUT2D eigenvalue weighted by Gasteiger charge is 2.27. The SMILES string of the molecule is Cc1cc2c(NCCc3cccc(C(N)=O)c3)nc(C3CC3)nc2s1. The van der Waals surface area contributed by atoms with Crippen molar-refractivity contribution in [3.8, 4) is 0 Å². The normalized spacial score (nSPS) is 14.0. The molecule has 128 valence electrons. The van der Waals surface area contributed by atoms with E-state index in [0.717, 1.165) is 40.4 Å². The molecule has 3 N–H and O–H groups in total. The molecule has 0 saturated heterocycles. The largest absolute Gasteiger partial charge is 0.369 e. The molecule has 1 saturated carbocycles. The molecule has 0 atom stereocenters. The Morgan fingerprint density at radius 3 is 2.92 bits per heavy atom. The van der Waals surface area contributed by atoms with Crippen LogP contribution in [-0.2, 0) is 6.42 Å². The molecule has 5 nitrogen and oxygen atoms in total. The number of nitrogens with zero attached hydrogens (tertiary/aromatic N) is 2. The van der Waals surface area contributed by atoms with Crippen molar-refractivity contribution in [3.05, 3.63) is 52.2 Å². The molecule has 0 bridgehead atoms. The van der Waals surface area contributed by atoms with Gasteiger partial charge in [0, 0.05) is 22.9 Å². The number of nitrogens with two attached hydrogens (primary N) is 1. The highest BCUT2D eigenvalue weighted by molar-refractivity contribution is 7.18. The number of nitrogens with one attached hydrogen (secondary N) is 1. The minimum atomic E-state index is -0.393. The van der Waals surface area contributed by atoms with E-state index in [4.69, 9.17) is 15.7 Å². The Morgan fingerprint density at radius 2 is 2.16 bits per heavy atom. The maximum atomic E-state index is 11.3. The minimum Gasteiger partial charge on any atom is -0.369 e. The number of aryl methyl sites for hydroxylation is 1. The summed E-state index contributed by atoms with van der Waals surface area (Å²) >= 11 is 1.72. The number of anilines is 1. The maximum Gasteiger partial charge on any atom is 0.248 e. The van der Waals surface area contributed by atoms with Gasteiger partial charge in [0.15, 0.2) is 0 Å². The topological polar surface area (TPSA) is 80.9 Å². The number of amides is 1. The smallest absolute Gasteiger partial charge is 0.248 e. The lowest BCUT2D eigenvalue weighted by Gasteiger charge is -2.09. The summed E-state index contributed by atoms with van der Waals surface area (Å²) in [4.78, 5) is 23.1. The van der Waals surface area contributed by atoms with Crippen molar-refractivity contribution < 1.29 is 4.79 Å². The molecule has 1 aromatic carbocycles. The first-order chi connectivity index (χ1) is 12.1. The number of fused-ring (bicyclic) bond motifs is 1. The summed E-state index contributed by atoms with van der Waals surface area (Å²) in [6.45, 7) is 2.84. The molecule has 0 unspecified atom stereocenters. The van der Waals surface area contributed by atoms with E-state index in [1.165, 1.54) is 17.7 Å². The second-order valence-corrected chi connectivity index (χ2v) is 7.76. The molecule has 25 heavy (non-hydrogen) atoms. The number of thiophene rings is 1. The first-order valence-electron chi connectivity index (χ1n) is 8.51. The summed E-state index contributed by atoms with van der Waals surface area (Å²) in [7, 11) is 0. The van der Waals surface area contributed by atoms with Gasteiger partial charge in [-0.1, -0.05) is 12.1 Å². The van der Waals surface area contributed by atoms with Crippen molar-refractivity contribution in [1.29, 1.82) is 0 Å². The van der Waals surface area contributed by atoms with Crippen molar-refractivity contribution in [2.45, 2.75) is 32.1 Å². The Balaban J connectivity index is 1.52. The standard InChI is InChI=1S/C19H20N4OS/c1-11-9-15-18(22-17(13-5-6-13)23-19(15)25-11)21-8-7-12-3-2-4-14(10-12)16(20)24/h2-4,9-10,13H,5-8H2,1H3,(H2,20,24)(H,21,22,23). The average Bonchev–Trinajstić information content (AvgIpc) is 3.36. The maximum absolute atomic E-state index is 11.3. The third-order valence-corrected chi connectivity index (χ3v) is 5.34. The quantitative estimate of drug-likeness (QED) is 0.710. The molecule has 4 rings (SSSR count). The molecule has 0 radical (unpaired) electrons. The number of carbonyl (C=O) groups excluding carboxylic acids is 1. The number of hydrogen-bond acceptors (Lipinski definition) is 5. The van der Waals surface area contributed by atoms with E-state index in [2.05, 4.69) is 18.3 Å². The third kappa shape index (κ3) is 3.49. The van der Waals surface area contributed by atoms with Gasteiger partial charge >= 0.3 is 0 Å². The highest BCUT2D eigenvalue weighted by Crippen LogP contribution is 2.40. The van der Waals surface area contributed by atoms with Crippen molar-refractivity contribution in [3.63, 3.8) is 0 Å². The fourth-order valence-electron chi connectivity index (χ4n) is 2.92. The first kappa shape index (κ1) is 16.0. The van der Waals surface area contributed by atoms with Crippen LogP contribution in [0.3, 0.4) is 0 Å². The second kappa shape index (κ2) is 6.44. The van der Waals surface area contributed by atoms with E-state index in [1.807, 2.05) is 18.2 Å². The van der Waals surface area contributed by atoms with Crippen LogP contribution in [0.2, 0.25) is 0 Å². The van der Waals surface area contributed by atoms with Crippen LogP contribution in [-0.4, -0.2) is 22.4 Å². The Hall–Kier alpha value is -2.47. The number of rotatable bonds is 6. The van der Waals surface area contributed by atoms with Gasteiger partial charge < -0.3 is 11.1 Å².